The van der Waals surface area contributed by atoms with Gasteiger partial charge in [-0.1, -0.05) is 54.6 Å². The Morgan fingerprint density at radius 1 is 0.645 bits per heavy atom. The van der Waals surface area contributed by atoms with Gasteiger partial charge in [0.25, 0.3) is 0 Å². The van der Waals surface area contributed by atoms with Crippen molar-refractivity contribution in [2.45, 2.75) is 45.6 Å². The Bertz CT molecular complexity index is 1330. The Morgan fingerprint density at radius 2 is 1.23 bits per heavy atom. The summed E-state index contributed by atoms with van der Waals surface area (Å²) in [7, 11) is 0. The van der Waals surface area contributed by atoms with Crippen molar-refractivity contribution < 1.29 is 4.57 Å². The van der Waals surface area contributed by atoms with Gasteiger partial charge in [0.05, 0.1) is 0 Å². The van der Waals surface area contributed by atoms with Crippen LogP contribution in [0.1, 0.15) is 58.4 Å². The van der Waals surface area contributed by atoms with Gasteiger partial charge in [0.2, 0.25) is 0 Å². The van der Waals surface area contributed by atoms with E-state index in [1.807, 2.05) is 0 Å². The highest BCUT2D eigenvalue weighted by Gasteiger charge is 2.40. The minimum absolute atomic E-state index is 0.122. The summed E-state index contributed by atoms with van der Waals surface area (Å²) in [6.07, 6.45) is 7.54. The molecule has 1 heterocycles. The van der Waals surface area contributed by atoms with Crippen LogP contribution in [0.5, 0.6) is 0 Å². The normalized spacial score (nSPS) is 13.9. The van der Waals surface area contributed by atoms with Crippen molar-refractivity contribution in [3.05, 3.63) is 124 Å². The highest BCUT2D eigenvalue weighted by molar-refractivity contribution is 5.84. The van der Waals surface area contributed by atoms with E-state index in [0.717, 1.165) is 19.3 Å². The molecule has 6 rings (SSSR count). The molecule has 1 aromatic heterocycles. The third-order valence-corrected chi connectivity index (χ3v) is 7.58. The summed E-state index contributed by atoms with van der Waals surface area (Å²) in [6, 6.07) is 24.4. The molecule has 1 heteroatoms. The Hall–Kier alpha value is -3.19. The summed E-state index contributed by atoms with van der Waals surface area (Å²) in [5, 5.41) is 0. The van der Waals surface area contributed by atoms with Gasteiger partial charge in [-0.3, -0.25) is 0 Å². The number of benzene rings is 3. The summed E-state index contributed by atoms with van der Waals surface area (Å²) < 4.78 is 2.38. The third-order valence-electron chi connectivity index (χ3n) is 7.58. The van der Waals surface area contributed by atoms with Crippen LogP contribution in [0.4, 0.5) is 0 Å². The fourth-order valence-electron chi connectivity index (χ4n) is 6.12. The maximum Gasteiger partial charge on any atom is 0.188 e. The second-order valence-electron chi connectivity index (χ2n) is 9.61. The van der Waals surface area contributed by atoms with Crippen LogP contribution in [0.3, 0.4) is 0 Å². The smallest absolute Gasteiger partial charge is 0.188 e. The predicted molar refractivity (Wildman–Crippen MR) is 127 cm³/mol. The number of hydrogen-bond donors (Lipinski definition) is 0. The van der Waals surface area contributed by atoms with Crippen molar-refractivity contribution in [3.63, 3.8) is 0 Å². The molecule has 31 heavy (non-hydrogen) atoms. The average Bonchev–Trinajstić information content (AvgIpc) is 3.17. The van der Waals surface area contributed by atoms with Crippen molar-refractivity contribution in [2.24, 2.45) is 0 Å². The van der Waals surface area contributed by atoms with Gasteiger partial charge in [-0.15, -0.1) is 0 Å². The quantitative estimate of drug-likeness (QED) is 0.307. The van der Waals surface area contributed by atoms with Crippen LogP contribution >= 0.6 is 0 Å². The minimum atomic E-state index is -0.122. The van der Waals surface area contributed by atoms with Crippen LogP contribution in [0.25, 0.3) is 11.1 Å². The summed E-state index contributed by atoms with van der Waals surface area (Å²) in [5.74, 6) is 0. The van der Waals surface area contributed by atoms with Gasteiger partial charge in [0, 0.05) is 31.5 Å². The Balaban J connectivity index is 1.67. The van der Waals surface area contributed by atoms with Crippen LogP contribution in [0.15, 0.2) is 79.1 Å². The first-order chi connectivity index (χ1) is 15.1. The first kappa shape index (κ1) is 18.6. The lowest BCUT2D eigenvalue weighted by molar-refractivity contribution is -0.747. The molecule has 2 aliphatic carbocycles. The molecule has 152 valence electrons. The average molecular weight is 403 g/mol. The highest BCUT2D eigenvalue weighted by Crippen LogP contribution is 2.48. The topological polar surface area (TPSA) is 3.88 Å². The zero-order chi connectivity index (χ0) is 21.2. The van der Waals surface area contributed by atoms with Crippen LogP contribution in [-0.4, -0.2) is 0 Å². The standard InChI is InChI=1S/C30H28N/c1-20-25-17-21-11-5-6-12-22(21)18-26(25)28-24-14-8-7-13-23(24)19-27(28)29(20)30(2,3)31-15-9-4-10-16-31/h4-16H,17-19H2,1-3H3/q+1. The first-order valence-corrected chi connectivity index (χ1v) is 11.3. The number of fused-ring (bicyclic) bond motifs is 6. The molecule has 0 spiro atoms. The number of nitrogens with zero attached hydrogens (tertiary/aromatic N) is 1. The zero-order valence-electron chi connectivity index (χ0n) is 18.6. The van der Waals surface area contributed by atoms with Crippen LogP contribution in [0, 0.1) is 6.92 Å². The number of pyridine rings is 1. The van der Waals surface area contributed by atoms with Crippen molar-refractivity contribution in [2.75, 3.05) is 0 Å². The molecule has 3 aromatic carbocycles. The number of rotatable bonds is 2. The fourth-order valence-corrected chi connectivity index (χ4v) is 6.12. The fraction of sp³-hybridized carbons (Fsp3) is 0.233. The molecule has 0 saturated heterocycles. The molecule has 0 amide bonds. The van der Waals surface area contributed by atoms with E-state index < -0.39 is 0 Å². The van der Waals surface area contributed by atoms with Gasteiger partial charge in [-0.05, 0) is 76.3 Å². The van der Waals surface area contributed by atoms with E-state index in [0.29, 0.717) is 0 Å². The van der Waals surface area contributed by atoms with E-state index >= 15 is 0 Å². The molecule has 0 aliphatic heterocycles. The van der Waals surface area contributed by atoms with Crippen LogP contribution in [0.2, 0.25) is 0 Å². The largest absolute Gasteiger partial charge is 0.196 e. The van der Waals surface area contributed by atoms with E-state index in [1.165, 1.54) is 44.5 Å². The molecule has 0 bridgehead atoms. The molecule has 0 fully saturated rings. The summed E-state index contributed by atoms with van der Waals surface area (Å²) in [5.41, 5.74) is 14.9. The van der Waals surface area contributed by atoms with Gasteiger partial charge in [-0.25, -0.2) is 0 Å². The lowest BCUT2D eigenvalue weighted by Gasteiger charge is -2.31. The lowest BCUT2D eigenvalue weighted by Crippen LogP contribution is -2.53. The van der Waals surface area contributed by atoms with Crippen LogP contribution < -0.4 is 4.57 Å². The Morgan fingerprint density at radius 3 is 1.94 bits per heavy atom. The minimum Gasteiger partial charge on any atom is -0.196 e. The van der Waals surface area contributed by atoms with Crippen molar-refractivity contribution in [1.82, 2.24) is 0 Å². The van der Waals surface area contributed by atoms with Gasteiger partial charge < -0.3 is 0 Å². The highest BCUT2D eigenvalue weighted by atomic mass is 15.0. The van der Waals surface area contributed by atoms with E-state index in [4.69, 9.17) is 0 Å². The summed E-state index contributed by atoms with van der Waals surface area (Å²) in [4.78, 5) is 0. The second kappa shape index (κ2) is 6.65. The molecule has 0 saturated carbocycles. The number of aromatic nitrogens is 1. The summed E-state index contributed by atoms with van der Waals surface area (Å²) >= 11 is 0. The predicted octanol–water partition coefficient (Wildman–Crippen LogP) is 6.13. The molecule has 4 aromatic rings. The van der Waals surface area contributed by atoms with E-state index in [-0.39, 0.29) is 5.54 Å². The summed E-state index contributed by atoms with van der Waals surface area (Å²) in [6.45, 7) is 7.13. The lowest BCUT2D eigenvalue weighted by atomic mass is 9.74. The SMILES string of the molecule is Cc1c2c(c3c(c1C(C)(C)[n+]1ccccc1)Cc1ccccc1-3)Cc1ccccc1C2. The maximum atomic E-state index is 2.38. The van der Waals surface area contributed by atoms with Crippen molar-refractivity contribution in [3.8, 4) is 11.1 Å². The molecular weight excluding hydrogens is 374 g/mol. The third kappa shape index (κ3) is 2.66. The van der Waals surface area contributed by atoms with E-state index in [2.05, 4.69) is 104 Å². The van der Waals surface area contributed by atoms with Gasteiger partial charge in [-0.2, -0.15) is 4.57 Å². The van der Waals surface area contributed by atoms with Crippen molar-refractivity contribution >= 4 is 0 Å². The molecule has 1 nitrogen and oxygen atoms in total. The monoisotopic (exact) mass is 402 g/mol. The number of hydrogen-bond acceptors (Lipinski definition) is 0. The van der Waals surface area contributed by atoms with Crippen molar-refractivity contribution in [1.29, 1.82) is 0 Å². The Labute approximate surface area is 185 Å². The maximum absolute atomic E-state index is 2.38. The molecule has 2 aliphatic rings. The van der Waals surface area contributed by atoms with Gasteiger partial charge >= 0.3 is 0 Å². The van der Waals surface area contributed by atoms with E-state index in [1.54, 1.807) is 11.1 Å². The molecule has 0 radical (unpaired) electrons. The van der Waals surface area contributed by atoms with Gasteiger partial charge in [0.15, 0.2) is 17.9 Å². The molecule has 0 atom stereocenters. The second-order valence-corrected chi connectivity index (χ2v) is 9.61. The van der Waals surface area contributed by atoms with E-state index in [9.17, 15) is 0 Å². The molecule has 0 N–H and O–H groups in total. The zero-order valence-corrected chi connectivity index (χ0v) is 18.6. The molecule has 0 unspecified atom stereocenters. The molecular formula is C30H28N+. The first-order valence-electron chi connectivity index (χ1n) is 11.3. The van der Waals surface area contributed by atoms with Gasteiger partial charge in [0.1, 0.15) is 0 Å². The Kier molecular flexibility index (Phi) is 3.99. The van der Waals surface area contributed by atoms with Crippen LogP contribution in [-0.2, 0) is 24.8 Å².